The Morgan fingerprint density at radius 3 is 2.28 bits per heavy atom. The lowest BCUT2D eigenvalue weighted by Gasteiger charge is -2.09. The van der Waals surface area contributed by atoms with E-state index in [1.807, 2.05) is 0 Å². The Bertz CT molecular complexity index is 800. The molecular weight excluding hydrogens is 335 g/mol. The number of alkyl halides is 3. The van der Waals surface area contributed by atoms with Gasteiger partial charge in [-0.05, 0) is 43.2 Å². The van der Waals surface area contributed by atoms with Gasteiger partial charge in [0.15, 0.2) is 0 Å². The molecule has 2 N–H and O–H groups in total. The average molecular weight is 349 g/mol. The number of amides is 2. The van der Waals surface area contributed by atoms with Crippen LogP contribution in [-0.4, -0.2) is 16.8 Å². The van der Waals surface area contributed by atoms with E-state index in [1.54, 1.807) is 24.3 Å². The van der Waals surface area contributed by atoms with Gasteiger partial charge in [-0.1, -0.05) is 6.07 Å². The summed E-state index contributed by atoms with van der Waals surface area (Å²) in [4.78, 5) is 27.1. The molecule has 3 rings (SSSR count). The molecule has 2 amide bonds. The first-order chi connectivity index (χ1) is 11.8. The summed E-state index contributed by atoms with van der Waals surface area (Å²) in [6, 6.07) is 8.35. The molecule has 1 saturated carbocycles. The third-order valence-electron chi connectivity index (χ3n) is 3.65. The van der Waals surface area contributed by atoms with Gasteiger partial charge in [-0.15, -0.1) is 0 Å². The highest BCUT2D eigenvalue weighted by atomic mass is 19.4. The van der Waals surface area contributed by atoms with Gasteiger partial charge >= 0.3 is 6.18 Å². The van der Waals surface area contributed by atoms with Crippen LogP contribution in [-0.2, 0) is 11.0 Å². The maximum absolute atomic E-state index is 12.5. The van der Waals surface area contributed by atoms with Crippen molar-refractivity contribution < 1.29 is 22.8 Å². The van der Waals surface area contributed by atoms with Gasteiger partial charge in [0.25, 0.3) is 5.91 Å². The molecule has 5 nitrogen and oxygen atoms in total. The van der Waals surface area contributed by atoms with Crippen LogP contribution in [0.2, 0.25) is 0 Å². The van der Waals surface area contributed by atoms with Gasteiger partial charge in [-0.25, -0.2) is 0 Å². The molecule has 1 aromatic carbocycles. The summed E-state index contributed by atoms with van der Waals surface area (Å²) in [5, 5.41) is 5.32. The van der Waals surface area contributed by atoms with Crippen LogP contribution in [0.15, 0.2) is 42.6 Å². The minimum atomic E-state index is -4.55. The van der Waals surface area contributed by atoms with Gasteiger partial charge in [0.1, 0.15) is 5.69 Å². The largest absolute Gasteiger partial charge is 0.433 e. The van der Waals surface area contributed by atoms with Crippen molar-refractivity contribution in [3.63, 3.8) is 0 Å². The van der Waals surface area contributed by atoms with Crippen molar-refractivity contribution >= 4 is 23.2 Å². The van der Waals surface area contributed by atoms with Crippen LogP contribution in [0.1, 0.15) is 28.9 Å². The predicted octanol–water partition coefficient (Wildman–Crippen LogP) is 3.70. The van der Waals surface area contributed by atoms with Crippen LogP contribution in [0.25, 0.3) is 0 Å². The molecule has 1 heterocycles. The molecule has 1 aliphatic carbocycles. The summed E-state index contributed by atoms with van der Waals surface area (Å²) in [7, 11) is 0. The van der Waals surface area contributed by atoms with Crippen molar-refractivity contribution in [2.24, 2.45) is 5.92 Å². The first-order valence-electron chi connectivity index (χ1n) is 7.58. The summed E-state index contributed by atoms with van der Waals surface area (Å²) in [5.74, 6) is -0.598. The number of hydrogen-bond donors (Lipinski definition) is 2. The van der Waals surface area contributed by atoms with Gasteiger partial charge in [0, 0.05) is 23.5 Å². The Morgan fingerprint density at radius 1 is 1.04 bits per heavy atom. The number of carbonyl (C=O) groups is 2. The molecule has 1 aromatic heterocycles. The van der Waals surface area contributed by atoms with Crippen LogP contribution in [0, 0.1) is 5.92 Å². The van der Waals surface area contributed by atoms with Crippen LogP contribution in [0.3, 0.4) is 0 Å². The lowest BCUT2D eigenvalue weighted by molar-refractivity contribution is -0.141. The summed E-state index contributed by atoms with van der Waals surface area (Å²) >= 11 is 0. The van der Waals surface area contributed by atoms with E-state index in [1.165, 1.54) is 0 Å². The number of hydrogen-bond acceptors (Lipinski definition) is 3. The third kappa shape index (κ3) is 4.34. The van der Waals surface area contributed by atoms with E-state index in [0.717, 1.165) is 31.2 Å². The monoisotopic (exact) mass is 349 g/mol. The molecule has 0 radical (unpaired) electrons. The number of rotatable bonds is 4. The fourth-order valence-corrected chi connectivity index (χ4v) is 2.16. The fraction of sp³-hybridized carbons (Fsp3) is 0.235. The molecule has 1 fully saturated rings. The Morgan fingerprint density at radius 2 is 1.72 bits per heavy atom. The van der Waals surface area contributed by atoms with Gasteiger partial charge in [-0.3, -0.25) is 14.6 Å². The van der Waals surface area contributed by atoms with Crippen molar-refractivity contribution in [3.05, 3.63) is 53.9 Å². The molecule has 0 aliphatic heterocycles. The molecule has 25 heavy (non-hydrogen) atoms. The maximum atomic E-state index is 12.5. The summed E-state index contributed by atoms with van der Waals surface area (Å²) in [6.45, 7) is 0. The number of pyridine rings is 1. The number of nitrogens with one attached hydrogen (secondary N) is 2. The van der Waals surface area contributed by atoms with E-state index in [0.29, 0.717) is 11.4 Å². The van der Waals surface area contributed by atoms with E-state index < -0.39 is 17.8 Å². The number of nitrogens with zero attached hydrogens (tertiary/aromatic N) is 1. The van der Waals surface area contributed by atoms with E-state index >= 15 is 0 Å². The number of benzene rings is 1. The zero-order chi connectivity index (χ0) is 18.0. The summed E-state index contributed by atoms with van der Waals surface area (Å²) in [5.41, 5.74) is -0.104. The Hall–Kier alpha value is -2.90. The molecular formula is C17H14F3N3O2. The van der Waals surface area contributed by atoms with Gasteiger partial charge < -0.3 is 10.6 Å². The highest BCUT2D eigenvalue weighted by molar-refractivity contribution is 6.04. The van der Waals surface area contributed by atoms with Crippen LogP contribution < -0.4 is 10.6 Å². The lowest BCUT2D eigenvalue weighted by atomic mass is 10.2. The second kappa shape index (κ2) is 6.54. The average Bonchev–Trinajstić information content (AvgIpc) is 3.39. The summed E-state index contributed by atoms with van der Waals surface area (Å²) < 4.78 is 37.4. The minimum absolute atomic E-state index is 0.000388. The molecule has 0 spiro atoms. The van der Waals surface area contributed by atoms with E-state index in [2.05, 4.69) is 15.6 Å². The number of anilines is 2. The molecule has 0 unspecified atom stereocenters. The predicted molar refractivity (Wildman–Crippen MR) is 85.0 cm³/mol. The quantitative estimate of drug-likeness (QED) is 0.884. The zero-order valence-corrected chi connectivity index (χ0v) is 12.9. The minimum Gasteiger partial charge on any atom is -0.326 e. The van der Waals surface area contributed by atoms with Gasteiger partial charge in [0.05, 0.1) is 5.56 Å². The van der Waals surface area contributed by atoms with E-state index in [-0.39, 0.29) is 17.4 Å². The Labute approximate surface area is 141 Å². The SMILES string of the molecule is O=C(Nc1cccc(NC(=O)C2CC2)c1)c1ccc(C(F)(F)F)nc1. The highest BCUT2D eigenvalue weighted by Crippen LogP contribution is 2.30. The van der Waals surface area contributed by atoms with Crippen LogP contribution >= 0.6 is 0 Å². The van der Waals surface area contributed by atoms with Crippen molar-refractivity contribution in [3.8, 4) is 0 Å². The van der Waals surface area contributed by atoms with E-state index in [4.69, 9.17) is 0 Å². The molecule has 130 valence electrons. The van der Waals surface area contributed by atoms with Crippen molar-refractivity contribution in [1.82, 2.24) is 4.98 Å². The standard InChI is InChI=1S/C17H14F3N3O2/c18-17(19,20)14-7-6-11(9-21-14)16(25)23-13-3-1-2-12(8-13)22-15(24)10-4-5-10/h1-3,6-10H,4-5H2,(H,22,24)(H,23,25). The van der Waals surface area contributed by atoms with Crippen molar-refractivity contribution in [2.75, 3.05) is 10.6 Å². The Kier molecular flexibility index (Phi) is 4.43. The third-order valence-corrected chi connectivity index (χ3v) is 3.65. The first kappa shape index (κ1) is 16.9. The maximum Gasteiger partial charge on any atom is 0.433 e. The molecule has 0 saturated heterocycles. The number of carbonyl (C=O) groups excluding carboxylic acids is 2. The fourth-order valence-electron chi connectivity index (χ4n) is 2.16. The van der Waals surface area contributed by atoms with E-state index in [9.17, 15) is 22.8 Å². The van der Waals surface area contributed by atoms with Crippen molar-refractivity contribution in [1.29, 1.82) is 0 Å². The Balaban J connectivity index is 1.67. The van der Waals surface area contributed by atoms with Crippen molar-refractivity contribution in [2.45, 2.75) is 19.0 Å². The highest BCUT2D eigenvalue weighted by Gasteiger charge is 2.32. The van der Waals surface area contributed by atoms with Gasteiger partial charge in [0.2, 0.25) is 5.91 Å². The molecule has 0 bridgehead atoms. The topological polar surface area (TPSA) is 71.1 Å². The molecule has 8 heteroatoms. The van der Waals surface area contributed by atoms with Gasteiger partial charge in [-0.2, -0.15) is 13.2 Å². The number of halogens is 3. The molecule has 1 aliphatic rings. The number of aromatic nitrogens is 1. The zero-order valence-electron chi connectivity index (χ0n) is 12.9. The molecule has 0 atom stereocenters. The second-order valence-corrected chi connectivity index (χ2v) is 5.73. The lowest BCUT2D eigenvalue weighted by Crippen LogP contribution is -2.15. The van der Waals surface area contributed by atoms with Crippen LogP contribution in [0.5, 0.6) is 0 Å². The normalized spacial score (nSPS) is 14.0. The smallest absolute Gasteiger partial charge is 0.326 e. The van der Waals surface area contributed by atoms with Crippen LogP contribution in [0.4, 0.5) is 24.5 Å². The second-order valence-electron chi connectivity index (χ2n) is 5.73. The molecule has 2 aromatic rings. The first-order valence-corrected chi connectivity index (χ1v) is 7.58. The summed E-state index contributed by atoms with van der Waals surface area (Å²) in [6.07, 6.45) is -1.92.